The van der Waals surface area contributed by atoms with Crippen molar-refractivity contribution in [3.63, 3.8) is 0 Å². The van der Waals surface area contributed by atoms with Crippen molar-refractivity contribution in [2.45, 2.75) is 38.4 Å². The number of carbonyl (C=O) groups is 1. The van der Waals surface area contributed by atoms with Gasteiger partial charge in [-0.1, -0.05) is 30.3 Å². The fourth-order valence-electron chi connectivity index (χ4n) is 3.05. The van der Waals surface area contributed by atoms with Crippen molar-refractivity contribution in [1.29, 1.82) is 0 Å². The number of carbonyl (C=O) groups excluding carboxylic acids is 1. The number of rotatable bonds is 9. The SMILES string of the molecule is CN(CC(O)COCc1ccccc1)C(=O)CCC1CCNCC1. The number of nitrogens with one attached hydrogen (secondary N) is 1. The van der Waals surface area contributed by atoms with Gasteiger partial charge in [0, 0.05) is 20.0 Å². The van der Waals surface area contributed by atoms with Crippen LogP contribution in [0.2, 0.25) is 0 Å². The first-order chi connectivity index (χ1) is 11.6. The normalized spacial score (nSPS) is 16.8. The molecule has 0 saturated carbocycles. The van der Waals surface area contributed by atoms with Crippen molar-refractivity contribution in [3.05, 3.63) is 35.9 Å². The summed E-state index contributed by atoms with van der Waals surface area (Å²) in [5, 5.41) is 13.4. The van der Waals surface area contributed by atoms with Gasteiger partial charge in [-0.05, 0) is 43.8 Å². The molecule has 1 unspecified atom stereocenters. The Morgan fingerprint density at radius 2 is 2.04 bits per heavy atom. The summed E-state index contributed by atoms with van der Waals surface area (Å²) in [4.78, 5) is 13.8. The second-order valence-electron chi connectivity index (χ2n) is 6.66. The average molecular weight is 334 g/mol. The molecule has 1 fully saturated rings. The van der Waals surface area contributed by atoms with Crippen LogP contribution in [0.1, 0.15) is 31.2 Å². The third-order valence-electron chi connectivity index (χ3n) is 4.56. The van der Waals surface area contributed by atoms with Crippen molar-refractivity contribution < 1.29 is 14.6 Å². The predicted octanol–water partition coefficient (Wildman–Crippen LogP) is 1.80. The van der Waals surface area contributed by atoms with Crippen LogP contribution in [0.4, 0.5) is 0 Å². The number of aliphatic hydroxyl groups excluding tert-OH is 1. The summed E-state index contributed by atoms with van der Waals surface area (Å²) in [6, 6.07) is 9.86. The third-order valence-corrected chi connectivity index (χ3v) is 4.56. The quantitative estimate of drug-likeness (QED) is 0.723. The highest BCUT2D eigenvalue weighted by Gasteiger charge is 2.18. The van der Waals surface area contributed by atoms with Gasteiger partial charge in [-0.2, -0.15) is 0 Å². The van der Waals surface area contributed by atoms with E-state index < -0.39 is 6.10 Å². The van der Waals surface area contributed by atoms with Crippen LogP contribution in [0.5, 0.6) is 0 Å². The van der Waals surface area contributed by atoms with Crippen molar-refractivity contribution >= 4 is 5.91 Å². The highest BCUT2D eigenvalue weighted by atomic mass is 16.5. The lowest BCUT2D eigenvalue weighted by atomic mass is 9.93. The summed E-state index contributed by atoms with van der Waals surface area (Å²) in [5.74, 6) is 0.762. The van der Waals surface area contributed by atoms with Gasteiger partial charge in [-0.3, -0.25) is 4.79 Å². The number of piperidine rings is 1. The predicted molar refractivity (Wildman–Crippen MR) is 94.6 cm³/mol. The van der Waals surface area contributed by atoms with Crippen molar-refractivity contribution in [2.75, 3.05) is 33.3 Å². The summed E-state index contributed by atoms with van der Waals surface area (Å²) < 4.78 is 5.52. The second kappa shape index (κ2) is 10.4. The highest BCUT2D eigenvalue weighted by molar-refractivity contribution is 5.75. The van der Waals surface area contributed by atoms with E-state index >= 15 is 0 Å². The number of amides is 1. The Balaban J connectivity index is 1.59. The molecule has 1 aromatic carbocycles. The third kappa shape index (κ3) is 6.99. The number of likely N-dealkylation sites (N-methyl/N-ethyl adjacent to an activating group) is 1. The molecule has 5 heteroatoms. The van der Waals surface area contributed by atoms with Gasteiger partial charge in [0.1, 0.15) is 0 Å². The van der Waals surface area contributed by atoms with Gasteiger partial charge in [-0.25, -0.2) is 0 Å². The first-order valence-electron chi connectivity index (χ1n) is 8.89. The van der Waals surface area contributed by atoms with Crippen LogP contribution < -0.4 is 5.32 Å². The molecule has 24 heavy (non-hydrogen) atoms. The van der Waals surface area contributed by atoms with E-state index in [-0.39, 0.29) is 12.5 Å². The Morgan fingerprint density at radius 3 is 2.75 bits per heavy atom. The molecule has 1 heterocycles. The topological polar surface area (TPSA) is 61.8 Å². The van der Waals surface area contributed by atoms with E-state index in [0.717, 1.165) is 37.9 Å². The van der Waals surface area contributed by atoms with Gasteiger partial charge in [0.2, 0.25) is 5.91 Å². The Morgan fingerprint density at radius 1 is 1.33 bits per heavy atom. The van der Waals surface area contributed by atoms with Crippen LogP contribution in [-0.4, -0.2) is 55.3 Å². The van der Waals surface area contributed by atoms with Gasteiger partial charge in [0.05, 0.1) is 19.3 Å². The lowest BCUT2D eigenvalue weighted by Gasteiger charge is -2.24. The van der Waals surface area contributed by atoms with Crippen LogP contribution in [-0.2, 0) is 16.1 Å². The summed E-state index contributed by atoms with van der Waals surface area (Å²) in [7, 11) is 1.76. The molecule has 1 aromatic rings. The van der Waals surface area contributed by atoms with E-state index in [9.17, 15) is 9.90 Å². The first-order valence-corrected chi connectivity index (χ1v) is 8.89. The maximum atomic E-state index is 12.2. The fraction of sp³-hybridized carbons (Fsp3) is 0.632. The van der Waals surface area contributed by atoms with Gasteiger partial charge in [0.15, 0.2) is 0 Å². The fourth-order valence-corrected chi connectivity index (χ4v) is 3.05. The molecule has 0 aliphatic carbocycles. The number of benzene rings is 1. The molecule has 2 N–H and O–H groups in total. The summed E-state index contributed by atoms with van der Waals surface area (Å²) in [6.45, 7) is 3.16. The molecule has 0 spiro atoms. The minimum Gasteiger partial charge on any atom is -0.389 e. The molecular formula is C19H30N2O3. The molecule has 0 aromatic heterocycles. The van der Waals surface area contributed by atoms with E-state index in [1.54, 1.807) is 11.9 Å². The van der Waals surface area contributed by atoms with Crippen LogP contribution >= 0.6 is 0 Å². The molecule has 1 atom stereocenters. The molecule has 0 bridgehead atoms. The monoisotopic (exact) mass is 334 g/mol. The Bertz CT molecular complexity index is 475. The maximum absolute atomic E-state index is 12.2. The molecule has 1 amide bonds. The molecule has 5 nitrogen and oxygen atoms in total. The van der Waals surface area contributed by atoms with Gasteiger partial charge in [-0.15, -0.1) is 0 Å². The van der Waals surface area contributed by atoms with E-state index in [1.165, 1.54) is 0 Å². The Labute approximate surface area is 145 Å². The molecule has 1 saturated heterocycles. The Hall–Kier alpha value is -1.43. The zero-order valence-corrected chi connectivity index (χ0v) is 14.6. The summed E-state index contributed by atoms with van der Waals surface area (Å²) in [5.41, 5.74) is 1.08. The number of nitrogens with zero attached hydrogens (tertiary/aromatic N) is 1. The van der Waals surface area contributed by atoms with E-state index in [4.69, 9.17) is 4.74 Å². The van der Waals surface area contributed by atoms with E-state index in [0.29, 0.717) is 25.5 Å². The Kier molecular flexibility index (Phi) is 8.22. The molecule has 1 aliphatic heterocycles. The first kappa shape index (κ1) is 18.9. The molecule has 0 radical (unpaired) electrons. The molecule has 1 aliphatic rings. The number of aliphatic hydroxyl groups is 1. The van der Waals surface area contributed by atoms with E-state index in [1.807, 2.05) is 30.3 Å². The minimum atomic E-state index is -0.651. The minimum absolute atomic E-state index is 0.107. The molecule has 2 rings (SSSR count). The zero-order valence-electron chi connectivity index (χ0n) is 14.6. The second-order valence-corrected chi connectivity index (χ2v) is 6.66. The van der Waals surface area contributed by atoms with E-state index in [2.05, 4.69) is 5.32 Å². The van der Waals surface area contributed by atoms with Gasteiger partial charge in [0.25, 0.3) is 0 Å². The van der Waals surface area contributed by atoms with Crippen LogP contribution in [0, 0.1) is 5.92 Å². The summed E-state index contributed by atoms with van der Waals surface area (Å²) >= 11 is 0. The molecular weight excluding hydrogens is 304 g/mol. The van der Waals surface area contributed by atoms with Gasteiger partial charge < -0.3 is 20.1 Å². The van der Waals surface area contributed by atoms with Gasteiger partial charge >= 0.3 is 0 Å². The summed E-state index contributed by atoms with van der Waals surface area (Å²) in [6.07, 6.45) is 3.19. The smallest absolute Gasteiger partial charge is 0.222 e. The van der Waals surface area contributed by atoms with Crippen LogP contribution in [0.3, 0.4) is 0 Å². The van der Waals surface area contributed by atoms with Crippen LogP contribution in [0.15, 0.2) is 30.3 Å². The average Bonchev–Trinajstić information content (AvgIpc) is 2.61. The standard InChI is InChI=1S/C19H30N2O3/c1-21(19(23)8-7-16-9-11-20-12-10-16)13-18(22)15-24-14-17-5-3-2-4-6-17/h2-6,16,18,20,22H,7-15H2,1H3. The largest absolute Gasteiger partial charge is 0.389 e. The molecule has 134 valence electrons. The van der Waals surface area contributed by atoms with Crippen LogP contribution in [0.25, 0.3) is 0 Å². The van der Waals surface area contributed by atoms with Crippen molar-refractivity contribution in [3.8, 4) is 0 Å². The lowest BCUT2D eigenvalue weighted by molar-refractivity contribution is -0.132. The maximum Gasteiger partial charge on any atom is 0.222 e. The van der Waals surface area contributed by atoms with Crippen molar-refractivity contribution in [2.24, 2.45) is 5.92 Å². The zero-order chi connectivity index (χ0) is 17.2. The number of hydrogen-bond donors (Lipinski definition) is 2. The van der Waals surface area contributed by atoms with Crippen molar-refractivity contribution in [1.82, 2.24) is 10.2 Å². The number of hydrogen-bond acceptors (Lipinski definition) is 4. The lowest BCUT2D eigenvalue weighted by Crippen LogP contribution is -2.36. The highest BCUT2D eigenvalue weighted by Crippen LogP contribution is 2.18. The number of ether oxygens (including phenoxy) is 1.